The third kappa shape index (κ3) is 8.32. The van der Waals surface area contributed by atoms with Gasteiger partial charge < -0.3 is 9.13 Å². The zero-order valence-electron chi connectivity index (χ0n) is 38.6. The van der Waals surface area contributed by atoms with Gasteiger partial charge in [-0.1, -0.05) is 166 Å². The summed E-state index contributed by atoms with van der Waals surface area (Å²) in [7, 11) is 0. The van der Waals surface area contributed by atoms with Gasteiger partial charge in [-0.15, -0.1) is 11.3 Å². The molecule has 3 aromatic heterocycles. The number of allylic oxidation sites excluding steroid dienone is 6. The van der Waals surface area contributed by atoms with E-state index >= 15 is 0 Å². The van der Waals surface area contributed by atoms with Gasteiger partial charge >= 0.3 is 0 Å². The van der Waals surface area contributed by atoms with Gasteiger partial charge in [0.25, 0.3) is 0 Å². The number of nitrogens with zero attached hydrogens (tertiary/aromatic N) is 2. The summed E-state index contributed by atoms with van der Waals surface area (Å²) in [6.07, 6.45) is 16.0. The second-order valence-corrected chi connectivity index (χ2v) is 17.8. The van der Waals surface area contributed by atoms with Crippen LogP contribution in [0.4, 0.5) is 0 Å². The summed E-state index contributed by atoms with van der Waals surface area (Å²) in [6, 6.07) is 58.8. The van der Waals surface area contributed by atoms with Crippen molar-refractivity contribution in [3.63, 3.8) is 0 Å². The molecule has 10 aromatic rings. The van der Waals surface area contributed by atoms with Crippen molar-refractivity contribution < 1.29 is 0 Å². The fraction of sp³-hybridized carbons (Fsp3) is 0.129. The maximum absolute atomic E-state index is 3.54. The second kappa shape index (κ2) is 19.7. The summed E-state index contributed by atoms with van der Waals surface area (Å²) in [5, 5.41) is 5.38. The molecule has 0 saturated heterocycles. The molecule has 4 heteroatoms. The van der Waals surface area contributed by atoms with E-state index in [1.54, 1.807) is 12.3 Å². The van der Waals surface area contributed by atoms with Gasteiger partial charge in [-0.25, -0.2) is 0 Å². The van der Waals surface area contributed by atoms with E-state index in [0.717, 1.165) is 19.4 Å². The summed E-state index contributed by atoms with van der Waals surface area (Å²) in [5.41, 5.74) is 19.8. The van der Waals surface area contributed by atoms with Gasteiger partial charge in [-0.05, 0) is 114 Å². The van der Waals surface area contributed by atoms with Gasteiger partial charge in [-0.3, -0.25) is 0 Å². The average Bonchev–Trinajstić information content (AvgIpc) is 4.20. The summed E-state index contributed by atoms with van der Waals surface area (Å²) < 4.78 is 7.70. The molecule has 0 radical (unpaired) electrons. The van der Waals surface area contributed by atoms with Gasteiger partial charge in [0.05, 0.1) is 11.2 Å². The highest BCUT2D eigenvalue weighted by Crippen LogP contribution is 2.45. The van der Waals surface area contributed by atoms with Crippen LogP contribution < -0.4 is 0 Å². The number of hydrogen-bond donors (Lipinski definition) is 1. The normalized spacial score (nSPS) is 12.0. The zero-order valence-corrected chi connectivity index (χ0v) is 40.3. The summed E-state index contributed by atoms with van der Waals surface area (Å²) in [6.45, 7) is 12.5. The van der Waals surface area contributed by atoms with E-state index in [2.05, 4.69) is 212 Å². The van der Waals surface area contributed by atoms with Gasteiger partial charge in [-0.2, -0.15) is 12.6 Å². The first kappa shape index (κ1) is 44.4. The minimum Gasteiger partial charge on any atom is -0.339 e. The van der Waals surface area contributed by atoms with Crippen molar-refractivity contribution in [2.24, 2.45) is 0 Å². The van der Waals surface area contributed by atoms with E-state index in [4.69, 9.17) is 0 Å². The van der Waals surface area contributed by atoms with Crippen LogP contribution in [-0.4, -0.2) is 15.4 Å². The zero-order chi connectivity index (χ0) is 45.7. The quantitative estimate of drug-likeness (QED) is 0.121. The summed E-state index contributed by atoms with van der Waals surface area (Å²) >= 11 is 5.40. The number of fused-ring (bicyclic) bond motifs is 11. The lowest BCUT2D eigenvalue weighted by Gasteiger charge is -2.12. The third-order valence-corrected chi connectivity index (χ3v) is 13.7. The van der Waals surface area contributed by atoms with Crippen molar-refractivity contribution in [3.8, 4) is 39.2 Å². The smallest absolute Gasteiger partial charge is 0.0579 e. The Morgan fingerprint density at radius 2 is 1.27 bits per heavy atom. The first-order chi connectivity index (χ1) is 32.5. The van der Waals surface area contributed by atoms with Crippen molar-refractivity contribution in [2.45, 2.75) is 47.1 Å². The fourth-order valence-corrected chi connectivity index (χ4v) is 10.7. The van der Waals surface area contributed by atoms with Crippen LogP contribution in [0.3, 0.4) is 0 Å². The van der Waals surface area contributed by atoms with E-state index in [1.165, 1.54) is 115 Å². The Labute approximate surface area is 399 Å². The first-order valence-corrected chi connectivity index (χ1v) is 24.7. The van der Waals surface area contributed by atoms with Crippen LogP contribution in [0, 0.1) is 0 Å². The molecule has 7 aromatic carbocycles. The molecule has 0 fully saturated rings. The molecule has 12 rings (SSSR count). The standard InChI is InChI=1S/C51H34N2S.C8H12.C2H6.CH4S/c1-2-10-38(11-3-1)53-48-25-22-34(27-43(48)45-30-37-9-4-5-12-39(37)51(45)53)33-19-17-32(18-20-33)31-52-46-15-8-14-40(46)42-28-35(21-24-47(42)52)36-23-26-50-44(29-36)41-13-6-7-16-49(41)54-50;1-4-5-6-7-8(2)3;2*1-2/h1-14,16-29H,15,30-31H2;4-7H,1H2,2-3H3;1-2H3;2H,1H3/b;6-5-;;. The number of aromatic nitrogens is 2. The predicted molar refractivity (Wildman–Crippen MR) is 294 cm³/mol. The van der Waals surface area contributed by atoms with E-state index < -0.39 is 0 Å². The Morgan fingerprint density at radius 3 is 2.05 bits per heavy atom. The molecular formula is C62H56N2S2. The number of hydrogen-bond acceptors (Lipinski definition) is 2. The molecule has 3 heterocycles. The molecule has 2 nitrogen and oxygen atoms in total. The molecule has 0 N–H and O–H groups in total. The van der Waals surface area contributed by atoms with Gasteiger partial charge in [0.1, 0.15) is 0 Å². The van der Waals surface area contributed by atoms with Crippen LogP contribution in [0.15, 0.2) is 200 Å². The minimum atomic E-state index is 0.852. The molecular weight excluding hydrogens is 837 g/mol. The van der Waals surface area contributed by atoms with E-state index in [-0.39, 0.29) is 0 Å². The van der Waals surface area contributed by atoms with Gasteiger partial charge in [0.15, 0.2) is 0 Å². The van der Waals surface area contributed by atoms with Crippen molar-refractivity contribution in [2.75, 3.05) is 6.26 Å². The van der Waals surface area contributed by atoms with Gasteiger partial charge in [0.2, 0.25) is 0 Å². The van der Waals surface area contributed by atoms with Crippen LogP contribution in [-0.2, 0) is 19.4 Å². The number of rotatable bonds is 7. The third-order valence-electron chi connectivity index (χ3n) is 12.6. The Hall–Kier alpha value is -6.85. The van der Waals surface area contributed by atoms with E-state index in [0.29, 0.717) is 0 Å². The molecule has 2 aliphatic rings. The predicted octanol–water partition coefficient (Wildman–Crippen LogP) is 17.7. The molecule has 0 bridgehead atoms. The largest absolute Gasteiger partial charge is 0.339 e. The molecule has 0 atom stereocenters. The van der Waals surface area contributed by atoms with Crippen LogP contribution in [0.2, 0.25) is 0 Å². The lowest BCUT2D eigenvalue weighted by atomic mass is 10.00. The van der Waals surface area contributed by atoms with Gasteiger partial charge in [0, 0.05) is 78.4 Å². The van der Waals surface area contributed by atoms with Crippen LogP contribution in [0.5, 0.6) is 0 Å². The van der Waals surface area contributed by atoms with Crippen LogP contribution >= 0.6 is 24.0 Å². The Bertz CT molecular complexity index is 3460. The maximum atomic E-state index is 3.54. The van der Waals surface area contributed by atoms with Crippen LogP contribution in [0.1, 0.15) is 55.6 Å². The number of para-hydroxylation sites is 1. The van der Waals surface area contributed by atoms with Crippen molar-refractivity contribution in [1.82, 2.24) is 9.13 Å². The fourth-order valence-electron chi connectivity index (χ4n) is 9.64. The van der Waals surface area contributed by atoms with E-state index in [1.807, 2.05) is 43.4 Å². The molecule has 66 heavy (non-hydrogen) atoms. The highest BCUT2D eigenvalue weighted by atomic mass is 32.1. The average molecular weight is 893 g/mol. The first-order valence-electron chi connectivity index (χ1n) is 23.0. The molecule has 0 saturated carbocycles. The SMILES string of the molecule is C1=Cc2c(n(Cc3ccc(-c4ccc5c(c4)c4c(n5-c5ccccc5)-c5ccccc5C4)cc3)c3ccc(-c4ccc5sc6ccccc6c5c4)cc23)C1.C=C/C=C\C=C(C)C.CC.CS. The Morgan fingerprint density at radius 1 is 0.636 bits per heavy atom. The lowest BCUT2D eigenvalue weighted by Crippen LogP contribution is -2.03. The van der Waals surface area contributed by atoms with Crippen molar-refractivity contribution >= 4 is 72.0 Å². The summed E-state index contributed by atoms with van der Waals surface area (Å²) in [5.74, 6) is 0. The maximum Gasteiger partial charge on any atom is 0.0579 e. The number of thiophene rings is 1. The minimum absolute atomic E-state index is 0.852. The monoisotopic (exact) mass is 892 g/mol. The second-order valence-electron chi connectivity index (χ2n) is 16.7. The summed E-state index contributed by atoms with van der Waals surface area (Å²) in [4.78, 5) is 0. The van der Waals surface area contributed by atoms with Crippen molar-refractivity contribution in [1.29, 1.82) is 0 Å². The Balaban J connectivity index is 0.000000412. The molecule has 2 aliphatic carbocycles. The van der Waals surface area contributed by atoms with E-state index in [9.17, 15) is 0 Å². The Kier molecular flexibility index (Phi) is 13.3. The molecule has 0 aliphatic heterocycles. The highest BCUT2D eigenvalue weighted by molar-refractivity contribution is 7.79. The topological polar surface area (TPSA) is 9.86 Å². The molecule has 0 spiro atoms. The molecule has 0 unspecified atom stereocenters. The van der Waals surface area contributed by atoms with Crippen LogP contribution in [0.25, 0.3) is 87.3 Å². The lowest BCUT2D eigenvalue weighted by molar-refractivity contribution is 0.792. The number of benzene rings is 7. The molecule has 0 amide bonds. The molecule has 326 valence electrons. The van der Waals surface area contributed by atoms with Crippen molar-refractivity contribution in [3.05, 3.63) is 228 Å². The number of thiol groups is 1. The highest BCUT2D eigenvalue weighted by Gasteiger charge is 2.27.